The van der Waals surface area contributed by atoms with Crippen molar-refractivity contribution in [2.75, 3.05) is 13.1 Å². The third-order valence-electron chi connectivity index (χ3n) is 2.67. The molecule has 0 bridgehead atoms. The zero-order valence-corrected chi connectivity index (χ0v) is 12.8. The summed E-state index contributed by atoms with van der Waals surface area (Å²) in [4.78, 5) is 0.209. The van der Waals surface area contributed by atoms with Gasteiger partial charge in [-0.05, 0) is 30.7 Å². The highest BCUT2D eigenvalue weighted by atomic mass is 35.5. The van der Waals surface area contributed by atoms with Crippen LogP contribution in [0.3, 0.4) is 0 Å². The SMILES string of the molecule is C=C(C)CN(CC)S(=O)(=O)c1ccc(Cl)c(CN)c1. The smallest absolute Gasteiger partial charge is 0.243 e. The van der Waals surface area contributed by atoms with Crippen LogP contribution >= 0.6 is 11.6 Å². The average molecular weight is 303 g/mol. The van der Waals surface area contributed by atoms with E-state index in [-0.39, 0.29) is 11.4 Å². The molecule has 1 rings (SSSR count). The molecule has 4 nitrogen and oxygen atoms in total. The Kier molecular flexibility index (Phi) is 5.55. The van der Waals surface area contributed by atoms with Gasteiger partial charge in [0.2, 0.25) is 10.0 Å². The summed E-state index contributed by atoms with van der Waals surface area (Å²) in [7, 11) is -3.54. The van der Waals surface area contributed by atoms with Crippen molar-refractivity contribution in [1.29, 1.82) is 0 Å². The van der Waals surface area contributed by atoms with Gasteiger partial charge in [0.1, 0.15) is 0 Å². The predicted molar refractivity (Wildman–Crippen MR) is 78.6 cm³/mol. The Labute approximate surface area is 119 Å². The monoisotopic (exact) mass is 302 g/mol. The summed E-state index contributed by atoms with van der Waals surface area (Å²) in [5.74, 6) is 0. The molecule has 0 atom stereocenters. The van der Waals surface area contributed by atoms with Crippen molar-refractivity contribution in [3.05, 3.63) is 40.9 Å². The molecular weight excluding hydrogens is 284 g/mol. The minimum atomic E-state index is -3.54. The van der Waals surface area contributed by atoms with Crippen molar-refractivity contribution < 1.29 is 8.42 Å². The third kappa shape index (κ3) is 3.79. The Morgan fingerprint density at radius 3 is 2.58 bits per heavy atom. The molecule has 19 heavy (non-hydrogen) atoms. The molecule has 0 fully saturated rings. The van der Waals surface area contributed by atoms with Crippen LogP contribution < -0.4 is 5.73 Å². The van der Waals surface area contributed by atoms with E-state index in [0.717, 1.165) is 5.57 Å². The summed E-state index contributed by atoms with van der Waals surface area (Å²) in [6.07, 6.45) is 0. The van der Waals surface area contributed by atoms with E-state index in [1.165, 1.54) is 16.4 Å². The van der Waals surface area contributed by atoms with Gasteiger partial charge in [0.25, 0.3) is 0 Å². The van der Waals surface area contributed by atoms with Crippen LogP contribution in [0.15, 0.2) is 35.2 Å². The number of likely N-dealkylation sites (N-methyl/N-ethyl adjacent to an activating group) is 1. The maximum atomic E-state index is 12.5. The Morgan fingerprint density at radius 1 is 1.47 bits per heavy atom. The highest BCUT2D eigenvalue weighted by Crippen LogP contribution is 2.23. The standard InChI is InChI=1S/C13H19ClN2O2S/c1-4-16(9-10(2)3)19(17,18)12-5-6-13(14)11(7-12)8-15/h5-7H,2,4,8-9,15H2,1,3H3. The second-order valence-electron chi connectivity index (χ2n) is 4.35. The van der Waals surface area contributed by atoms with E-state index < -0.39 is 10.0 Å². The molecule has 2 N–H and O–H groups in total. The molecule has 0 aliphatic heterocycles. The van der Waals surface area contributed by atoms with Gasteiger partial charge in [0, 0.05) is 24.7 Å². The van der Waals surface area contributed by atoms with Crippen LogP contribution in [0, 0.1) is 0 Å². The van der Waals surface area contributed by atoms with E-state index in [4.69, 9.17) is 17.3 Å². The summed E-state index contributed by atoms with van der Waals surface area (Å²) in [5, 5.41) is 0.476. The fourth-order valence-corrected chi connectivity index (χ4v) is 3.44. The van der Waals surface area contributed by atoms with Gasteiger partial charge in [-0.25, -0.2) is 8.42 Å². The molecular formula is C13H19ClN2O2S. The van der Waals surface area contributed by atoms with Crippen LogP contribution in [0.2, 0.25) is 5.02 Å². The summed E-state index contributed by atoms with van der Waals surface area (Å²) in [5.41, 5.74) is 6.95. The van der Waals surface area contributed by atoms with Crippen LogP contribution in [0.1, 0.15) is 19.4 Å². The Balaban J connectivity index is 3.21. The number of hydrogen-bond donors (Lipinski definition) is 1. The van der Waals surface area contributed by atoms with E-state index in [0.29, 0.717) is 23.7 Å². The first-order chi connectivity index (χ1) is 8.82. The molecule has 0 heterocycles. The van der Waals surface area contributed by atoms with Crippen LogP contribution in [0.25, 0.3) is 0 Å². The first-order valence-electron chi connectivity index (χ1n) is 5.96. The maximum Gasteiger partial charge on any atom is 0.243 e. The lowest BCUT2D eigenvalue weighted by Gasteiger charge is -2.21. The maximum absolute atomic E-state index is 12.5. The molecule has 0 amide bonds. The van der Waals surface area contributed by atoms with Crippen LogP contribution in [-0.4, -0.2) is 25.8 Å². The molecule has 106 valence electrons. The average Bonchev–Trinajstić information content (AvgIpc) is 2.35. The highest BCUT2D eigenvalue weighted by molar-refractivity contribution is 7.89. The van der Waals surface area contributed by atoms with Crippen molar-refractivity contribution in [1.82, 2.24) is 4.31 Å². The number of rotatable bonds is 6. The minimum absolute atomic E-state index is 0.203. The van der Waals surface area contributed by atoms with Gasteiger partial charge in [-0.3, -0.25) is 0 Å². The lowest BCUT2D eigenvalue weighted by atomic mass is 10.2. The van der Waals surface area contributed by atoms with E-state index in [9.17, 15) is 8.42 Å². The molecule has 0 aliphatic carbocycles. The number of hydrogen-bond acceptors (Lipinski definition) is 3. The van der Waals surface area contributed by atoms with Crippen molar-refractivity contribution in [2.45, 2.75) is 25.3 Å². The van der Waals surface area contributed by atoms with Gasteiger partial charge in [-0.2, -0.15) is 4.31 Å². The molecule has 0 aromatic heterocycles. The predicted octanol–water partition coefficient (Wildman–Crippen LogP) is 2.39. The summed E-state index contributed by atoms with van der Waals surface area (Å²) in [6.45, 7) is 8.23. The van der Waals surface area contributed by atoms with Crippen molar-refractivity contribution >= 4 is 21.6 Å². The number of sulfonamides is 1. The second-order valence-corrected chi connectivity index (χ2v) is 6.69. The zero-order valence-electron chi connectivity index (χ0n) is 11.2. The number of halogens is 1. The Hall–Kier alpha value is -0.880. The van der Waals surface area contributed by atoms with Gasteiger partial charge < -0.3 is 5.73 Å². The summed E-state index contributed by atoms with van der Waals surface area (Å²) in [6, 6.07) is 4.59. The largest absolute Gasteiger partial charge is 0.326 e. The second kappa shape index (κ2) is 6.52. The van der Waals surface area contributed by atoms with Gasteiger partial charge in [-0.15, -0.1) is 0 Å². The van der Waals surface area contributed by atoms with E-state index in [2.05, 4.69) is 6.58 Å². The fourth-order valence-electron chi connectivity index (χ4n) is 1.68. The third-order valence-corrected chi connectivity index (χ3v) is 4.96. The van der Waals surface area contributed by atoms with Crippen molar-refractivity contribution in [3.8, 4) is 0 Å². The number of nitrogens with two attached hydrogens (primary N) is 1. The molecule has 0 aliphatic rings. The van der Waals surface area contributed by atoms with Gasteiger partial charge in [0.05, 0.1) is 4.90 Å². The Morgan fingerprint density at radius 2 is 2.11 bits per heavy atom. The molecule has 1 aromatic carbocycles. The molecule has 0 unspecified atom stereocenters. The first kappa shape index (κ1) is 16.2. The summed E-state index contributed by atoms with van der Waals surface area (Å²) >= 11 is 5.94. The molecule has 0 spiro atoms. The van der Waals surface area contributed by atoms with E-state index in [1.54, 1.807) is 19.9 Å². The summed E-state index contributed by atoms with van der Waals surface area (Å²) < 4.78 is 26.3. The lowest BCUT2D eigenvalue weighted by molar-refractivity contribution is 0.453. The molecule has 0 radical (unpaired) electrons. The number of benzene rings is 1. The van der Waals surface area contributed by atoms with Gasteiger partial charge >= 0.3 is 0 Å². The minimum Gasteiger partial charge on any atom is -0.326 e. The molecule has 6 heteroatoms. The van der Waals surface area contributed by atoms with Gasteiger partial charge in [-0.1, -0.05) is 30.7 Å². The first-order valence-corrected chi connectivity index (χ1v) is 7.77. The van der Waals surface area contributed by atoms with E-state index >= 15 is 0 Å². The molecule has 0 saturated carbocycles. The quantitative estimate of drug-likeness (QED) is 0.821. The zero-order chi connectivity index (χ0) is 14.6. The molecule has 1 aromatic rings. The van der Waals surface area contributed by atoms with E-state index in [1.807, 2.05) is 0 Å². The van der Waals surface area contributed by atoms with Crippen molar-refractivity contribution in [3.63, 3.8) is 0 Å². The lowest BCUT2D eigenvalue weighted by Crippen LogP contribution is -2.32. The highest BCUT2D eigenvalue weighted by Gasteiger charge is 2.23. The Bertz CT molecular complexity index is 570. The fraction of sp³-hybridized carbons (Fsp3) is 0.385. The van der Waals surface area contributed by atoms with Crippen LogP contribution in [-0.2, 0) is 16.6 Å². The molecule has 0 saturated heterocycles. The van der Waals surface area contributed by atoms with Crippen LogP contribution in [0.4, 0.5) is 0 Å². The normalized spacial score (nSPS) is 11.8. The van der Waals surface area contributed by atoms with Gasteiger partial charge in [0.15, 0.2) is 0 Å². The topological polar surface area (TPSA) is 63.4 Å². The van der Waals surface area contributed by atoms with Crippen LogP contribution in [0.5, 0.6) is 0 Å². The van der Waals surface area contributed by atoms with Crippen molar-refractivity contribution in [2.24, 2.45) is 5.73 Å². The number of nitrogens with zero attached hydrogens (tertiary/aromatic N) is 1.